The van der Waals surface area contributed by atoms with Crippen LogP contribution < -0.4 is 5.32 Å². The summed E-state index contributed by atoms with van der Waals surface area (Å²) >= 11 is 15.2. The van der Waals surface area contributed by atoms with Crippen molar-refractivity contribution in [1.82, 2.24) is 0 Å². The number of benzene rings is 2. The number of anilines is 1. The highest BCUT2D eigenvalue weighted by molar-refractivity contribution is 9.10. The van der Waals surface area contributed by atoms with Crippen LogP contribution in [0, 0.1) is 5.82 Å². The van der Waals surface area contributed by atoms with Crippen LogP contribution in [0.1, 0.15) is 18.5 Å². The van der Waals surface area contributed by atoms with Gasteiger partial charge in [0.25, 0.3) is 0 Å². The lowest BCUT2D eigenvalue weighted by molar-refractivity contribution is 0.626. The zero-order valence-corrected chi connectivity index (χ0v) is 13.2. The molecule has 0 aliphatic rings. The summed E-state index contributed by atoms with van der Waals surface area (Å²) in [6, 6.07) is 10.0. The predicted molar refractivity (Wildman–Crippen MR) is 82.6 cm³/mol. The van der Waals surface area contributed by atoms with Gasteiger partial charge in [0.05, 0.1) is 11.7 Å². The topological polar surface area (TPSA) is 12.0 Å². The molecule has 0 aliphatic carbocycles. The van der Waals surface area contributed by atoms with E-state index >= 15 is 0 Å². The molecule has 0 aliphatic heterocycles. The average Bonchev–Trinajstić information content (AvgIpc) is 2.32. The molecule has 100 valence electrons. The summed E-state index contributed by atoms with van der Waals surface area (Å²) in [7, 11) is 0. The van der Waals surface area contributed by atoms with Gasteiger partial charge in [-0.05, 0) is 42.8 Å². The Bertz CT molecular complexity index is 604. The van der Waals surface area contributed by atoms with E-state index in [-0.39, 0.29) is 11.9 Å². The van der Waals surface area contributed by atoms with E-state index in [9.17, 15) is 4.39 Å². The molecule has 1 nitrogen and oxygen atoms in total. The molecule has 1 unspecified atom stereocenters. The number of nitrogens with one attached hydrogen (secondary N) is 1. The summed E-state index contributed by atoms with van der Waals surface area (Å²) in [5, 5.41) is 4.23. The molecule has 0 fully saturated rings. The van der Waals surface area contributed by atoms with E-state index in [1.54, 1.807) is 24.3 Å². The SMILES string of the molecule is CC(Nc1ccc(Br)cc1F)c1ccc(Cl)cc1Cl. The molecule has 0 amide bonds. The largest absolute Gasteiger partial charge is 0.376 e. The van der Waals surface area contributed by atoms with Crippen LogP contribution in [0.15, 0.2) is 40.9 Å². The maximum Gasteiger partial charge on any atom is 0.147 e. The van der Waals surface area contributed by atoms with Crippen molar-refractivity contribution in [2.24, 2.45) is 0 Å². The van der Waals surface area contributed by atoms with Crippen LogP contribution in [0.25, 0.3) is 0 Å². The molecule has 0 saturated carbocycles. The fraction of sp³-hybridized carbons (Fsp3) is 0.143. The van der Waals surface area contributed by atoms with E-state index in [1.807, 2.05) is 13.0 Å². The van der Waals surface area contributed by atoms with Gasteiger partial charge in [-0.3, -0.25) is 0 Å². The number of hydrogen-bond donors (Lipinski definition) is 1. The summed E-state index contributed by atoms with van der Waals surface area (Å²) in [4.78, 5) is 0. The second-order valence-corrected chi connectivity index (χ2v) is 5.92. The molecular formula is C14H11BrCl2FN. The molecule has 2 rings (SSSR count). The van der Waals surface area contributed by atoms with Crippen molar-refractivity contribution in [3.63, 3.8) is 0 Å². The van der Waals surface area contributed by atoms with Gasteiger partial charge in [0.2, 0.25) is 0 Å². The Hall–Kier alpha value is -0.770. The minimum Gasteiger partial charge on any atom is -0.376 e. The van der Waals surface area contributed by atoms with E-state index in [4.69, 9.17) is 23.2 Å². The van der Waals surface area contributed by atoms with E-state index in [0.29, 0.717) is 20.2 Å². The van der Waals surface area contributed by atoms with Crippen LogP contribution in [0.4, 0.5) is 10.1 Å². The van der Waals surface area contributed by atoms with Gasteiger partial charge >= 0.3 is 0 Å². The molecule has 0 heterocycles. The average molecular weight is 363 g/mol. The first-order chi connectivity index (χ1) is 8.97. The van der Waals surface area contributed by atoms with Gasteiger partial charge in [0.1, 0.15) is 5.82 Å². The Morgan fingerprint density at radius 1 is 1.16 bits per heavy atom. The van der Waals surface area contributed by atoms with E-state index in [2.05, 4.69) is 21.2 Å². The minimum absolute atomic E-state index is 0.125. The summed E-state index contributed by atoms with van der Waals surface area (Å²) < 4.78 is 14.4. The normalized spacial score (nSPS) is 12.3. The van der Waals surface area contributed by atoms with Gasteiger partial charge in [0.15, 0.2) is 0 Å². The van der Waals surface area contributed by atoms with E-state index in [1.165, 1.54) is 6.07 Å². The van der Waals surface area contributed by atoms with Crippen molar-refractivity contribution >= 4 is 44.8 Å². The standard InChI is InChI=1S/C14H11BrCl2FN/c1-8(11-4-3-10(16)7-12(11)17)19-14-5-2-9(15)6-13(14)18/h2-8,19H,1H3. The molecule has 0 radical (unpaired) electrons. The molecular weight excluding hydrogens is 352 g/mol. The van der Waals surface area contributed by atoms with Crippen LogP contribution in [-0.2, 0) is 0 Å². The van der Waals surface area contributed by atoms with Crippen molar-refractivity contribution in [2.45, 2.75) is 13.0 Å². The first-order valence-electron chi connectivity index (χ1n) is 5.64. The van der Waals surface area contributed by atoms with Gasteiger partial charge in [-0.1, -0.05) is 45.2 Å². The van der Waals surface area contributed by atoms with Crippen molar-refractivity contribution in [2.75, 3.05) is 5.32 Å². The molecule has 2 aromatic rings. The number of hydrogen-bond acceptors (Lipinski definition) is 1. The lowest BCUT2D eigenvalue weighted by atomic mass is 10.1. The third kappa shape index (κ3) is 3.62. The van der Waals surface area contributed by atoms with Crippen molar-refractivity contribution < 1.29 is 4.39 Å². The van der Waals surface area contributed by atoms with Gasteiger partial charge < -0.3 is 5.32 Å². The molecule has 1 atom stereocenters. The van der Waals surface area contributed by atoms with E-state index < -0.39 is 0 Å². The Morgan fingerprint density at radius 3 is 2.53 bits per heavy atom. The highest BCUT2D eigenvalue weighted by atomic mass is 79.9. The fourth-order valence-electron chi connectivity index (χ4n) is 1.77. The van der Waals surface area contributed by atoms with Crippen molar-refractivity contribution in [3.05, 3.63) is 62.3 Å². The molecule has 2 aromatic carbocycles. The van der Waals surface area contributed by atoms with Crippen LogP contribution in [0.3, 0.4) is 0 Å². The zero-order valence-electron chi connectivity index (χ0n) is 10.1. The second kappa shape index (κ2) is 6.12. The van der Waals surface area contributed by atoms with Gasteiger partial charge in [-0.15, -0.1) is 0 Å². The summed E-state index contributed by atoms with van der Waals surface area (Å²) in [6.07, 6.45) is 0. The quantitative estimate of drug-likeness (QED) is 0.698. The third-order valence-electron chi connectivity index (χ3n) is 2.73. The number of halogens is 4. The molecule has 0 spiro atoms. The Morgan fingerprint density at radius 2 is 1.89 bits per heavy atom. The molecule has 0 aromatic heterocycles. The second-order valence-electron chi connectivity index (χ2n) is 4.16. The maximum atomic E-state index is 13.7. The van der Waals surface area contributed by atoms with Crippen LogP contribution >= 0.6 is 39.1 Å². The maximum absolute atomic E-state index is 13.7. The highest BCUT2D eigenvalue weighted by Gasteiger charge is 2.12. The highest BCUT2D eigenvalue weighted by Crippen LogP contribution is 2.29. The first-order valence-corrected chi connectivity index (χ1v) is 7.19. The zero-order chi connectivity index (χ0) is 14.0. The molecule has 5 heteroatoms. The molecule has 0 bridgehead atoms. The Balaban J connectivity index is 2.23. The Kier molecular flexibility index (Phi) is 4.71. The van der Waals surface area contributed by atoms with Crippen LogP contribution in [0.2, 0.25) is 10.0 Å². The first kappa shape index (κ1) is 14.6. The monoisotopic (exact) mass is 361 g/mol. The van der Waals surface area contributed by atoms with Gasteiger partial charge in [0, 0.05) is 14.5 Å². The molecule has 19 heavy (non-hydrogen) atoms. The minimum atomic E-state index is -0.314. The Labute approximate surface area is 129 Å². The molecule has 1 N–H and O–H groups in total. The fourth-order valence-corrected chi connectivity index (χ4v) is 2.68. The smallest absolute Gasteiger partial charge is 0.147 e. The van der Waals surface area contributed by atoms with Crippen LogP contribution in [-0.4, -0.2) is 0 Å². The summed E-state index contributed by atoms with van der Waals surface area (Å²) in [5.41, 5.74) is 1.30. The summed E-state index contributed by atoms with van der Waals surface area (Å²) in [6.45, 7) is 1.91. The van der Waals surface area contributed by atoms with Gasteiger partial charge in [-0.2, -0.15) is 0 Å². The van der Waals surface area contributed by atoms with E-state index in [0.717, 1.165) is 5.56 Å². The summed E-state index contributed by atoms with van der Waals surface area (Å²) in [5.74, 6) is -0.314. The number of rotatable bonds is 3. The molecule has 0 saturated heterocycles. The van der Waals surface area contributed by atoms with Crippen molar-refractivity contribution in [1.29, 1.82) is 0 Å². The van der Waals surface area contributed by atoms with Gasteiger partial charge in [-0.25, -0.2) is 4.39 Å². The lowest BCUT2D eigenvalue weighted by Crippen LogP contribution is -2.08. The van der Waals surface area contributed by atoms with Crippen LogP contribution in [0.5, 0.6) is 0 Å². The third-order valence-corrected chi connectivity index (χ3v) is 3.79. The predicted octanol–water partition coefficient (Wildman–Crippen LogP) is 6.07. The van der Waals surface area contributed by atoms with Crippen molar-refractivity contribution in [3.8, 4) is 0 Å². The lowest BCUT2D eigenvalue weighted by Gasteiger charge is -2.17.